The molecule has 1 aliphatic rings. The number of aromatic nitrogens is 2. The number of phenolic OH excluding ortho intramolecular Hbond substituents is 2. The zero-order chi connectivity index (χ0) is 24.8. The van der Waals surface area contributed by atoms with Crippen molar-refractivity contribution >= 4 is 12.1 Å². The molecular weight excluding hydrogens is 442 g/mol. The van der Waals surface area contributed by atoms with Gasteiger partial charge in [0, 0.05) is 19.0 Å². The summed E-state index contributed by atoms with van der Waals surface area (Å²) in [5.74, 6) is 1.08. The molecule has 35 heavy (non-hydrogen) atoms. The van der Waals surface area contributed by atoms with Gasteiger partial charge in [-0.15, -0.1) is 0 Å². The van der Waals surface area contributed by atoms with E-state index in [1.807, 2.05) is 36.4 Å². The van der Waals surface area contributed by atoms with E-state index < -0.39 is 6.10 Å². The van der Waals surface area contributed by atoms with Crippen molar-refractivity contribution < 1.29 is 20.1 Å². The number of carbonyl (C=O) groups is 1. The monoisotopic (exact) mass is 469 g/mol. The van der Waals surface area contributed by atoms with Gasteiger partial charge in [-0.1, -0.05) is 42.5 Å². The third kappa shape index (κ3) is 5.47. The second kappa shape index (κ2) is 10.8. The molecule has 4 aromatic rings. The molecule has 178 valence electrons. The fraction of sp³-hybridized carbons (Fsp3) is 0.179. The Hall–Kier alpha value is -4.23. The van der Waals surface area contributed by atoms with Crippen LogP contribution in [0, 0.1) is 0 Å². The Balaban J connectivity index is 0.000000243. The molecule has 3 aromatic carbocycles. The molecule has 1 aromatic heterocycles. The van der Waals surface area contributed by atoms with Gasteiger partial charge in [-0.25, -0.2) is 9.97 Å². The molecule has 0 amide bonds. The number of anilines is 1. The fourth-order valence-electron chi connectivity index (χ4n) is 4.04. The number of aliphatic hydroxyl groups excluding tert-OH is 1. The minimum atomic E-state index is -0.857. The first-order chi connectivity index (χ1) is 17.0. The predicted octanol–water partition coefficient (Wildman–Crippen LogP) is 4.20. The standard InChI is InChI=1S/C20H19N3O2.C8H8O2/c1-21-20-18(19(25)12-5-3-2-4-6-12)23-17-15-9-8-14(24)11-13(15)7-10-16(17)22-20;9-6-5-7-1-3-8(10)4-2-7/h2-6,8-9,11,19,24-25H,7,10H2,1H3,(H,21,22);1-4,6,10H,5H2. The summed E-state index contributed by atoms with van der Waals surface area (Å²) in [6, 6.07) is 21.3. The van der Waals surface area contributed by atoms with Gasteiger partial charge in [0.2, 0.25) is 0 Å². The molecule has 0 aliphatic heterocycles. The molecule has 7 heteroatoms. The number of phenols is 2. The highest BCUT2D eigenvalue weighted by Crippen LogP contribution is 2.36. The summed E-state index contributed by atoms with van der Waals surface area (Å²) >= 11 is 0. The topological polar surface area (TPSA) is 116 Å². The van der Waals surface area contributed by atoms with E-state index in [-0.39, 0.29) is 11.5 Å². The van der Waals surface area contributed by atoms with Crippen LogP contribution in [0.25, 0.3) is 11.3 Å². The molecule has 5 rings (SSSR count). The van der Waals surface area contributed by atoms with Gasteiger partial charge in [-0.2, -0.15) is 0 Å². The van der Waals surface area contributed by atoms with Crippen LogP contribution in [0.2, 0.25) is 0 Å². The molecule has 1 atom stereocenters. The van der Waals surface area contributed by atoms with E-state index in [9.17, 15) is 15.0 Å². The molecular formula is C28H27N3O4. The van der Waals surface area contributed by atoms with Gasteiger partial charge >= 0.3 is 0 Å². The van der Waals surface area contributed by atoms with Crippen molar-refractivity contribution in [1.29, 1.82) is 0 Å². The molecule has 0 bridgehead atoms. The number of benzene rings is 3. The van der Waals surface area contributed by atoms with Crippen molar-refractivity contribution in [3.8, 4) is 22.8 Å². The lowest BCUT2D eigenvalue weighted by Crippen LogP contribution is -2.15. The van der Waals surface area contributed by atoms with Gasteiger partial charge in [-0.05, 0) is 59.9 Å². The van der Waals surface area contributed by atoms with E-state index >= 15 is 0 Å². The molecule has 1 heterocycles. The molecule has 1 aliphatic carbocycles. The number of aldehydes is 1. The predicted molar refractivity (Wildman–Crippen MR) is 134 cm³/mol. The summed E-state index contributed by atoms with van der Waals surface area (Å²) in [6.45, 7) is 0. The SMILES string of the molecule is CNc1nc2c(nc1C(O)c1ccccc1)-c1ccc(O)cc1CC2.O=CCc1ccc(O)cc1. The van der Waals surface area contributed by atoms with Crippen LogP contribution in [0.1, 0.15) is 34.2 Å². The average molecular weight is 470 g/mol. The smallest absolute Gasteiger partial charge is 0.150 e. The Morgan fingerprint density at radius 2 is 1.66 bits per heavy atom. The van der Waals surface area contributed by atoms with Gasteiger partial charge in [-0.3, -0.25) is 0 Å². The fourth-order valence-corrected chi connectivity index (χ4v) is 4.04. The van der Waals surface area contributed by atoms with Gasteiger partial charge < -0.3 is 25.4 Å². The molecule has 7 nitrogen and oxygen atoms in total. The Bertz CT molecular complexity index is 1310. The van der Waals surface area contributed by atoms with Crippen LogP contribution >= 0.6 is 0 Å². The normalized spacial score (nSPS) is 12.4. The zero-order valence-electron chi connectivity index (χ0n) is 19.3. The summed E-state index contributed by atoms with van der Waals surface area (Å²) in [4.78, 5) is 19.5. The molecule has 1 unspecified atom stereocenters. The van der Waals surface area contributed by atoms with E-state index in [1.165, 1.54) is 0 Å². The minimum absolute atomic E-state index is 0.231. The van der Waals surface area contributed by atoms with Crippen molar-refractivity contribution in [1.82, 2.24) is 9.97 Å². The lowest BCUT2D eigenvalue weighted by atomic mass is 9.91. The Kier molecular flexibility index (Phi) is 7.38. The number of hydrogen-bond acceptors (Lipinski definition) is 7. The van der Waals surface area contributed by atoms with Crippen molar-refractivity contribution in [2.75, 3.05) is 12.4 Å². The first-order valence-corrected chi connectivity index (χ1v) is 11.4. The summed E-state index contributed by atoms with van der Waals surface area (Å²) in [6.07, 6.45) is 1.97. The number of fused-ring (bicyclic) bond motifs is 3. The van der Waals surface area contributed by atoms with Crippen molar-refractivity contribution in [2.45, 2.75) is 25.4 Å². The third-order valence-corrected chi connectivity index (χ3v) is 5.84. The van der Waals surface area contributed by atoms with Gasteiger partial charge in [0.25, 0.3) is 0 Å². The number of aromatic hydroxyl groups is 2. The number of aryl methyl sites for hydroxylation is 2. The van der Waals surface area contributed by atoms with Crippen molar-refractivity contribution in [3.63, 3.8) is 0 Å². The zero-order valence-corrected chi connectivity index (χ0v) is 19.3. The molecule has 0 spiro atoms. The lowest BCUT2D eigenvalue weighted by Gasteiger charge is -2.22. The Morgan fingerprint density at radius 1 is 0.943 bits per heavy atom. The van der Waals surface area contributed by atoms with E-state index in [4.69, 9.17) is 15.1 Å². The maximum atomic E-state index is 10.8. The van der Waals surface area contributed by atoms with Gasteiger partial charge in [0.05, 0.1) is 11.4 Å². The van der Waals surface area contributed by atoms with Crippen LogP contribution in [0.5, 0.6) is 11.5 Å². The van der Waals surface area contributed by atoms with Gasteiger partial charge in [0.1, 0.15) is 29.6 Å². The number of carbonyl (C=O) groups excluding carboxylic acids is 1. The van der Waals surface area contributed by atoms with Crippen LogP contribution in [0.3, 0.4) is 0 Å². The Labute approximate surface area is 203 Å². The van der Waals surface area contributed by atoms with Crippen LogP contribution in [0.4, 0.5) is 5.82 Å². The van der Waals surface area contributed by atoms with Crippen LogP contribution in [-0.2, 0) is 24.1 Å². The molecule has 4 N–H and O–H groups in total. The first kappa shape index (κ1) is 23.9. The number of aliphatic hydroxyl groups is 1. The number of nitrogens with zero attached hydrogens (tertiary/aromatic N) is 2. The van der Waals surface area contributed by atoms with Crippen LogP contribution in [-0.4, -0.2) is 38.6 Å². The maximum Gasteiger partial charge on any atom is 0.150 e. The number of nitrogens with one attached hydrogen (secondary N) is 1. The molecule has 0 saturated carbocycles. The quantitative estimate of drug-likeness (QED) is 0.324. The van der Waals surface area contributed by atoms with Crippen LogP contribution in [0.15, 0.2) is 72.8 Å². The third-order valence-electron chi connectivity index (χ3n) is 5.84. The first-order valence-electron chi connectivity index (χ1n) is 11.4. The van der Waals surface area contributed by atoms with Crippen LogP contribution < -0.4 is 5.32 Å². The average Bonchev–Trinajstić information content (AvgIpc) is 2.89. The number of hydrogen-bond donors (Lipinski definition) is 4. The summed E-state index contributed by atoms with van der Waals surface area (Å²) in [5.41, 5.74) is 5.92. The summed E-state index contributed by atoms with van der Waals surface area (Å²) in [7, 11) is 1.78. The summed E-state index contributed by atoms with van der Waals surface area (Å²) in [5, 5.41) is 32.4. The maximum absolute atomic E-state index is 10.8. The number of rotatable bonds is 5. The molecule has 0 fully saturated rings. The highest BCUT2D eigenvalue weighted by molar-refractivity contribution is 5.71. The second-order valence-electron chi connectivity index (χ2n) is 8.19. The lowest BCUT2D eigenvalue weighted by molar-refractivity contribution is -0.107. The van der Waals surface area contributed by atoms with E-state index in [0.29, 0.717) is 17.9 Å². The molecule has 0 saturated heterocycles. The summed E-state index contributed by atoms with van der Waals surface area (Å²) < 4.78 is 0. The highest BCUT2D eigenvalue weighted by Gasteiger charge is 2.25. The van der Waals surface area contributed by atoms with E-state index in [1.54, 1.807) is 43.4 Å². The van der Waals surface area contributed by atoms with E-state index in [0.717, 1.165) is 52.8 Å². The van der Waals surface area contributed by atoms with Crippen molar-refractivity contribution in [2.24, 2.45) is 0 Å². The second-order valence-corrected chi connectivity index (χ2v) is 8.19. The Morgan fingerprint density at radius 3 is 2.34 bits per heavy atom. The van der Waals surface area contributed by atoms with Crippen molar-refractivity contribution in [3.05, 3.63) is 101 Å². The highest BCUT2D eigenvalue weighted by atomic mass is 16.3. The largest absolute Gasteiger partial charge is 0.508 e. The van der Waals surface area contributed by atoms with Gasteiger partial charge in [0.15, 0.2) is 5.82 Å². The molecule has 0 radical (unpaired) electrons. The van der Waals surface area contributed by atoms with E-state index in [2.05, 4.69) is 5.32 Å². The minimum Gasteiger partial charge on any atom is -0.508 e.